The van der Waals surface area contributed by atoms with Crippen molar-refractivity contribution in [2.75, 3.05) is 6.61 Å². The van der Waals surface area contributed by atoms with E-state index in [1.54, 1.807) is 12.1 Å². The number of fused-ring (bicyclic) bond motifs is 1. The van der Waals surface area contributed by atoms with Crippen LogP contribution >= 0.6 is 0 Å². The van der Waals surface area contributed by atoms with Gasteiger partial charge in [-0.2, -0.15) is 0 Å². The van der Waals surface area contributed by atoms with Crippen molar-refractivity contribution in [3.05, 3.63) is 24.5 Å². The quantitative estimate of drug-likeness (QED) is 0.768. The average molecular weight is 178 g/mol. The van der Waals surface area contributed by atoms with Gasteiger partial charge in [-0.3, -0.25) is 0 Å². The minimum Gasteiger partial charge on any atom is -0.504 e. The molecule has 0 aliphatic carbocycles. The first-order valence-corrected chi connectivity index (χ1v) is 4.15. The molecule has 1 aromatic heterocycles. The molecule has 0 aliphatic heterocycles. The molecule has 68 valence electrons. The third-order valence-corrected chi connectivity index (χ3v) is 1.84. The average Bonchev–Trinajstić information content (AvgIpc) is 2.51. The summed E-state index contributed by atoms with van der Waals surface area (Å²) in [4.78, 5) is 0. The molecule has 0 saturated heterocycles. The molecule has 0 saturated carbocycles. The van der Waals surface area contributed by atoms with Crippen LogP contribution in [-0.4, -0.2) is 11.7 Å². The monoisotopic (exact) mass is 178 g/mol. The lowest BCUT2D eigenvalue weighted by molar-refractivity contribution is 0.338. The summed E-state index contributed by atoms with van der Waals surface area (Å²) in [6.45, 7) is 2.49. The number of phenols is 1. The fraction of sp³-hybridized carbons (Fsp3) is 0.200. The lowest BCUT2D eigenvalue weighted by atomic mass is 10.2. The number of furan rings is 1. The van der Waals surface area contributed by atoms with Gasteiger partial charge in [0.25, 0.3) is 0 Å². The predicted molar refractivity (Wildman–Crippen MR) is 49.0 cm³/mol. The second kappa shape index (κ2) is 3.01. The molecule has 0 amide bonds. The fourth-order valence-electron chi connectivity index (χ4n) is 1.29. The number of phenolic OH excluding ortho intramolecular Hbond substituents is 1. The Kier molecular flexibility index (Phi) is 1.85. The van der Waals surface area contributed by atoms with E-state index in [1.807, 2.05) is 13.0 Å². The Morgan fingerprint density at radius 3 is 3.08 bits per heavy atom. The first kappa shape index (κ1) is 7.98. The van der Waals surface area contributed by atoms with Gasteiger partial charge in [-0.1, -0.05) is 6.07 Å². The molecular formula is C10H10O3. The number of para-hydroxylation sites is 1. The zero-order chi connectivity index (χ0) is 9.26. The summed E-state index contributed by atoms with van der Waals surface area (Å²) in [5, 5.41) is 10.2. The molecule has 0 radical (unpaired) electrons. The predicted octanol–water partition coefficient (Wildman–Crippen LogP) is 2.54. The fourth-order valence-corrected chi connectivity index (χ4v) is 1.29. The largest absolute Gasteiger partial charge is 0.504 e. The molecule has 3 nitrogen and oxygen atoms in total. The number of benzene rings is 1. The zero-order valence-corrected chi connectivity index (χ0v) is 7.28. The molecule has 0 atom stereocenters. The normalized spacial score (nSPS) is 10.5. The van der Waals surface area contributed by atoms with Crippen LogP contribution in [0.3, 0.4) is 0 Å². The third kappa shape index (κ3) is 1.22. The van der Waals surface area contributed by atoms with Gasteiger partial charge in [0.05, 0.1) is 12.0 Å². The summed E-state index contributed by atoms with van der Waals surface area (Å²) in [6.07, 6.45) is 1.51. The lowest BCUT2D eigenvalue weighted by Gasteiger charge is -1.98. The van der Waals surface area contributed by atoms with Gasteiger partial charge in [-0.25, -0.2) is 0 Å². The Bertz CT molecular complexity index is 417. The lowest BCUT2D eigenvalue weighted by Crippen LogP contribution is -1.88. The second-order valence-electron chi connectivity index (χ2n) is 2.69. The van der Waals surface area contributed by atoms with E-state index in [2.05, 4.69) is 0 Å². The molecule has 2 rings (SSSR count). The maximum atomic E-state index is 9.40. The van der Waals surface area contributed by atoms with Crippen LogP contribution in [0.15, 0.2) is 28.9 Å². The Hall–Kier alpha value is -1.64. The molecular weight excluding hydrogens is 168 g/mol. The minimum atomic E-state index is 0.142. The molecule has 13 heavy (non-hydrogen) atoms. The number of aromatic hydroxyl groups is 1. The van der Waals surface area contributed by atoms with Crippen LogP contribution in [0.2, 0.25) is 0 Å². The summed E-state index contributed by atoms with van der Waals surface area (Å²) in [5.74, 6) is 0.817. The number of hydrogen-bond acceptors (Lipinski definition) is 3. The van der Waals surface area contributed by atoms with Crippen molar-refractivity contribution in [3.63, 3.8) is 0 Å². The molecule has 1 heterocycles. The molecule has 3 heteroatoms. The van der Waals surface area contributed by atoms with Crippen molar-refractivity contribution in [2.45, 2.75) is 6.92 Å². The van der Waals surface area contributed by atoms with E-state index in [4.69, 9.17) is 9.15 Å². The van der Waals surface area contributed by atoms with Crippen LogP contribution in [0.1, 0.15) is 6.92 Å². The highest BCUT2D eigenvalue weighted by Crippen LogP contribution is 2.33. The van der Waals surface area contributed by atoms with Crippen LogP contribution in [0, 0.1) is 0 Å². The van der Waals surface area contributed by atoms with Crippen LogP contribution in [0.25, 0.3) is 11.0 Å². The molecule has 1 N–H and O–H groups in total. The van der Waals surface area contributed by atoms with Crippen molar-refractivity contribution < 1.29 is 14.3 Å². The Morgan fingerprint density at radius 2 is 2.31 bits per heavy atom. The summed E-state index contributed by atoms with van der Waals surface area (Å²) >= 11 is 0. The van der Waals surface area contributed by atoms with E-state index in [1.165, 1.54) is 6.26 Å². The van der Waals surface area contributed by atoms with Crippen LogP contribution in [0.4, 0.5) is 0 Å². The van der Waals surface area contributed by atoms with E-state index < -0.39 is 0 Å². The smallest absolute Gasteiger partial charge is 0.179 e. The third-order valence-electron chi connectivity index (χ3n) is 1.84. The second-order valence-corrected chi connectivity index (χ2v) is 2.69. The van der Waals surface area contributed by atoms with E-state index in [-0.39, 0.29) is 5.75 Å². The van der Waals surface area contributed by atoms with Gasteiger partial charge in [0, 0.05) is 0 Å². The van der Waals surface area contributed by atoms with Crippen molar-refractivity contribution in [1.29, 1.82) is 0 Å². The van der Waals surface area contributed by atoms with Crippen molar-refractivity contribution in [2.24, 2.45) is 0 Å². The number of hydrogen-bond donors (Lipinski definition) is 1. The molecule has 0 unspecified atom stereocenters. The van der Waals surface area contributed by atoms with Crippen molar-refractivity contribution in [1.82, 2.24) is 0 Å². The topological polar surface area (TPSA) is 42.6 Å². The van der Waals surface area contributed by atoms with Gasteiger partial charge in [0.2, 0.25) is 0 Å². The zero-order valence-electron chi connectivity index (χ0n) is 7.28. The maximum absolute atomic E-state index is 9.40. The van der Waals surface area contributed by atoms with E-state index in [0.717, 1.165) is 5.39 Å². The summed E-state index contributed by atoms with van der Waals surface area (Å²) in [6, 6.07) is 5.20. The van der Waals surface area contributed by atoms with Gasteiger partial charge in [0.1, 0.15) is 6.26 Å². The highest BCUT2D eigenvalue weighted by molar-refractivity contribution is 5.88. The molecule has 1 aromatic carbocycles. The highest BCUT2D eigenvalue weighted by Gasteiger charge is 2.08. The summed E-state index contributed by atoms with van der Waals surface area (Å²) in [7, 11) is 0. The minimum absolute atomic E-state index is 0.142. The SMILES string of the molecule is CCOc1coc2c(O)cccc12. The highest BCUT2D eigenvalue weighted by atomic mass is 16.5. The van der Waals surface area contributed by atoms with E-state index in [9.17, 15) is 5.11 Å². The summed E-state index contributed by atoms with van der Waals surface area (Å²) in [5.41, 5.74) is 0.478. The standard InChI is InChI=1S/C10H10O3/c1-2-12-9-6-13-10-7(9)4-3-5-8(10)11/h3-6,11H,2H2,1H3. The molecule has 2 aromatic rings. The Morgan fingerprint density at radius 1 is 1.46 bits per heavy atom. The Labute approximate surface area is 75.5 Å². The van der Waals surface area contributed by atoms with Gasteiger partial charge in [0.15, 0.2) is 17.1 Å². The molecule has 0 aliphatic rings. The van der Waals surface area contributed by atoms with Crippen molar-refractivity contribution in [3.8, 4) is 11.5 Å². The molecule has 0 bridgehead atoms. The van der Waals surface area contributed by atoms with Crippen LogP contribution < -0.4 is 4.74 Å². The number of rotatable bonds is 2. The number of ether oxygens (including phenoxy) is 1. The van der Waals surface area contributed by atoms with Gasteiger partial charge < -0.3 is 14.3 Å². The maximum Gasteiger partial charge on any atom is 0.179 e. The van der Waals surface area contributed by atoms with Crippen LogP contribution in [-0.2, 0) is 0 Å². The van der Waals surface area contributed by atoms with E-state index in [0.29, 0.717) is 17.9 Å². The van der Waals surface area contributed by atoms with Gasteiger partial charge in [-0.05, 0) is 19.1 Å². The van der Waals surface area contributed by atoms with Crippen molar-refractivity contribution >= 4 is 11.0 Å². The Balaban J connectivity index is 2.61. The summed E-state index contributed by atoms with van der Waals surface area (Å²) < 4.78 is 10.5. The molecule has 0 fully saturated rings. The first-order valence-electron chi connectivity index (χ1n) is 4.15. The van der Waals surface area contributed by atoms with E-state index >= 15 is 0 Å². The van der Waals surface area contributed by atoms with Gasteiger partial charge in [-0.15, -0.1) is 0 Å². The first-order chi connectivity index (χ1) is 6.33. The van der Waals surface area contributed by atoms with Crippen LogP contribution in [0.5, 0.6) is 11.5 Å². The van der Waals surface area contributed by atoms with Gasteiger partial charge >= 0.3 is 0 Å². The molecule has 0 spiro atoms.